The van der Waals surface area contributed by atoms with Crippen molar-refractivity contribution in [3.63, 3.8) is 0 Å². The highest BCUT2D eigenvalue weighted by molar-refractivity contribution is 5.91. The van der Waals surface area contributed by atoms with Gasteiger partial charge >= 0.3 is 5.97 Å². The molecule has 0 aliphatic carbocycles. The molecule has 4 nitrogen and oxygen atoms in total. The number of carbonyl (C=O) groups excluding carboxylic acids is 1. The largest absolute Gasteiger partial charge is 0.423 e. The van der Waals surface area contributed by atoms with Gasteiger partial charge in [0.05, 0.1) is 5.56 Å². The summed E-state index contributed by atoms with van der Waals surface area (Å²) in [6, 6.07) is 15.0. The number of nitrogens with one attached hydrogen (secondary N) is 1. The van der Waals surface area contributed by atoms with Gasteiger partial charge in [-0.3, -0.25) is 4.90 Å². The molecule has 0 saturated carbocycles. The van der Waals surface area contributed by atoms with Crippen molar-refractivity contribution in [2.75, 3.05) is 13.1 Å². The van der Waals surface area contributed by atoms with E-state index in [1.165, 1.54) is 11.1 Å². The lowest BCUT2D eigenvalue weighted by Crippen LogP contribution is -2.32. The van der Waals surface area contributed by atoms with Crippen LogP contribution in [0.15, 0.2) is 48.5 Å². The molecule has 0 atom stereocenters. The molecule has 3 rings (SSSR count). The van der Waals surface area contributed by atoms with E-state index in [1.54, 1.807) is 12.1 Å². The summed E-state index contributed by atoms with van der Waals surface area (Å²) in [4.78, 5) is 14.6. The molecule has 1 aliphatic heterocycles. The number of benzene rings is 2. The van der Waals surface area contributed by atoms with Gasteiger partial charge < -0.3 is 10.1 Å². The van der Waals surface area contributed by atoms with Gasteiger partial charge in [0.25, 0.3) is 0 Å². The number of carbonyl (C=O) groups is 1. The van der Waals surface area contributed by atoms with Crippen molar-refractivity contribution < 1.29 is 9.53 Å². The average molecular weight is 350 g/mol. The first kappa shape index (κ1) is 18.3. The van der Waals surface area contributed by atoms with Crippen molar-refractivity contribution in [3.05, 3.63) is 65.2 Å². The predicted molar refractivity (Wildman–Crippen MR) is 104 cm³/mol. The van der Waals surface area contributed by atoms with Crippen LogP contribution in [0.2, 0.25) is 0 Å². The molecule has 26 heavy (non-hydrogen) atoms. The summed E-state index contributed by atoms with van der Waals surface area (Å²) in [7, 11) is 0. The molecular formula is C22H26N2O2. The van der Waals surface area contributed by atoms with E-state index in [4.69, 9.17) is 10.1 Å². The van der Waals surface area contributed by atoms with Crippen LogP contribution in [0.25, 0.3) is 0 Å². The number of rotatable bonds is 7. The highest BCUT2D eigenvalue weighted by Crippen LogP contribution is 2.24. The number of nitrogens with zero attached hydrogens (tertiary/aromatic N) is 1. The van der Waals surface area contributed by atoms with Crippen LogP contribution in [-0.4, -0.2) is 29.7 Å². The van der Waals surface area contributed by atoms with Crippen molar-refractivity contribution in [2.45, 2.75) is 39.2 Å². The first-order chi connectivity index (χ1) is 12.7. The maximum atomic E-state index is 12.2. The SMILES string of the molecule is CCCC(=N)CCN1CCc2cc(OC(=O)c3ccccc3)ccc2C1. The van der Waals surface area contributed by atoms with E-state index in [-0.39, 0.29) is 5.97 Å². The number of esters is 1. The summed E-state index contributed by atoms with van der Waals surface area (Å²) in [5, 5.41) is 7.94. The normalized spacial score (nSPS) is 13.9. The minimum absolute atomic E-state index is 0.322. The van der Waals surface area contributed by atoms with E-state index in [0.717, 1.165) is 51.0 Å². The van der Waals surface area contributed by atoms with Crippen LogP contribution in [0, 0.1) is 5.41 Å². The molecule has 0 fully saturated rings. The van der Waals surface area contributed by atoms with E-state index >= 15 is 0 Å². The van der Waals surface area contributed by atoms with Gasteiger partial charge in [-0.15, -0.1) is 0 Å². The van der Waals surface area contributed by atoms with E-state index in [0.29, 0.717) is 11.3 Å². The molecule has 0 unspecified atom stereocenters. The molecule has 136 valence electrons. The molecule has 1 N–H and O–H groups in total. The molecular weight excluding hydrogens is 324 g/mol. The Bertz CT molecular complexity index is 771. The standard InChI is InChI=1S/C22H26N2O2/c1-2-6-20(23)12-14-24-13-11-18-15-21(10-9-19(18)16-24)26-22(25)17-7-4-3-5-8-17/h3-5,7-10,15,23H,2,6,11-14,16H2,1H3. The van der Waals surface area contributed by atoms with Crippen LogP contribution in [0.5, 0.6) is 5.75 Å². The van der Waals surface area contributed by atoms with Crippen LogP contribution in [0.1, 0.15) is 47.7 Å². The van der Waals surface area contributed by atoms with Crippen LogP contribution in [0.3, 0.4) is 0 Å². The van der Waals surface area contributed by atoms with E-state index < -0.39 is 0 Å². The van der Waals surface area contributed by atoms with E-state index in [9.17, 15) is 4.79 Å². The zero-order chi connectivity index (χ0) is 18.4. The fourth-order valence-electron chi connectivity index (χ4n) is 3.30. The van der Waals surface area contributed by atoms with Crippen molar-refractivity contribution in [2.24, 2.45) is 0 Å². The van der Waals surface area contributed by atoms with Crippen molar-refractivity contribution in [3.8, 4) is 5.75 Å². The smallest absolute Gasteiger partial charge is 0.343 e. The van der Waals surface area contributed by atoms with Gasteiger partial charge in [0, 0.05) is 25.3 Å². The van der Waals surface area contributed by atoms with Crippen molar-refractivity contribution in [1.82, 2.24) is 4.90 Å². The second-order valence-electron chi connectivity index (χ2n) is 6.82. The third kappa shape index (κ3) is 4.79. The lowest BCUT2D eigenvalue weighted by Gasteiger charge is -2.29. The molecule has 0 radical (unpaired) electrons. The van der Waals surface area contributed by atoms with Gasteiger partial charge in [0.1, 0.15) is 5.75 Å². The van der Waals surface area contributed by atoms with Gasteiger partial charge in [-0.25, -0.2) is 4.79 Å². The minimum Gasteiger partial charge on any atom is -0.423 e. The lowest BCUT2D eigenvalue weighted by atomic mass is 9.99. The Morgan fingerprint density at radius 2 is 1.92 bits per heavy atom. The third-order valence-corrected chi connectivity index (χ3v) is 4.77. The number of hydrogen-bond donors (Lipinski definition) is 1. The number of fused-ring (bicyclic) bond motifs is 1. The van der Waals surface area contributed by atoms with Gasteiger partial charge in [-0.05, 0) is 54.7 Å². The predicted octanol–water partition coefficient (Wildman–Crippen LogP) is 4.47. The fraction of sp³-hybridized carbons (Fsp3) is 0.364. The minimum atomic E-state index is -0.322. The molecule has 2 aromatic rings. The molecule has 0 spiro atoms. The Hall–Kier alpha value is -2.46. The van der Waals surface area contributed by atoms with Crippen molar-refractivity contribution in [1.29, 1.82) is 5.41 Å². The van der Waals surface area contributed by atoms with Gasteiger partial charge in [-0.1, -0.05) is 37.6 Å². The Morgan fingerprint density at radius 1 is 1.12 bits per heavy atom. The summed E-state index contributed by atoms with van der Waals surface area (Å²) >= 11 is 0. The number of ether oxygens (including phenoxy) is 1. The van der Waals surface area contributed by atoms with Crippen molar-refractivity contribution >= 4 is 11.7 Å². The topological polar surface area (TPSA) is 53.4 Å². The first-order valence-electron chi connectivity index (χ1n) is 9.33. The zero-order valence-electron chi connectivity index (χ0n) is 15.3. The lowest BCUT2D eigenvalue weighted by molar-refractivity contribution is 0.0734. The molecule has 1 aliphatic rings. The second-order valence-corrected chi connectivity index (χ2v) is 6.82. The van der Waals surface area contributed by atoms with Gasteiger partial charge in [0.15, 0.2) is 0 Å². The maximum Gasteiger partial charge on any atom is 0.343 e. The average Bonchev–Trinajstić information content (AvgIpc) is 2.67. The summed E-state index contributed by atoms with van der Waals surface area (Å²) in [6.07, 6.45) is 3.76. The Morgan fingerprint density at radius 3 is 2.69 bits per heavy atom. The second kappa shape index (κ2) is 8.77. The van der Waals surface area contributed by atoms with Crippen LogP contribution in [0.4, 0.5) is 0 Å². The molecule has 1 heterocycles. The highest BCUT2D eigenvalue weighted by atomic mass is 16.5. The van der Waals surface area contributed by atoms with E-state index in [2.05, 4.69) is 17.9 Å². The third-order valence-electron chi connectivity index (χ3n) is 4.77. The molecule has 0 aromatic heterocycles. The van der Waals surface area contributed by atoms with Crippen LogP contribution in [-0.2, 0) is 13.0 Å². The monoisotopic (exact) mass is 350 g/mol. The maximum absolute atomic E-state index is 12.2. The molecule has 0 bridgehead atoms. The zero-order valence-corrected chi connectivity index (χ0v) is 15.3. The van der Waals surface area contributed by atoms with Gasteiger partial charge in [-0.2, -0.15) is 0 Å². The molecule has 0 saturated heterocycles. The molecule has 4 heteroatoms. The van der Waals surface area contributed by atoms with Crippen LogP contribution >= 0.6 is 0 Å². The Kier molecular flexibility index (Phi) is 6.18. The molecule has 0 amide bonds. The van der Waals surface area contributed by atoms with E-state index in [1.807, 2.05) is 30.3 Å². The molecule has 2 aromatic carbocycles. The fourth-order valence-corrected chi connectivity index (χ4v) is 3.30. The summed E-state index contributed by atoms with van der Waals surface area (Å²) in [5.74, 6) is 0.285. The summed E-state index contributed by atoms with van der Waals surface area (Å²) in [5.41, 5.74) is 3.95. The first-order valence-corrected chi connectivity index (χ1v) is 9.33. The number of hydrogen-bond acceptors (Lipinski definition) is 4. The Labute approximate surface area is 155 Å². The highest BCUT2D eigenvalue weighted by Gasteiger charge is 2.18. The quantitative estimate of drug-likeness (QED) is 0.455. The van der Waals surface area contributed by atoms with Gasteiger partial charge in [0.2, 0.25) is 0 Å². The summed E-state index contributed by atoms with van der Waals surface area (Å²) < 4.78 is 5.52. The van der Waals surface area contributed by atoms with Crippen LogP contribution < -0.4 is 4.74 Å². The Balaban J connectivity index is 1.58. The summed E-state index contributed by atoms with van der Waals surface area (Å²) in [6.45, 7) is 4.96.